The van der Waals surface area contributed by atoms with Crippen molar-refractivity contribution >= 4 is 11.8 Å². The van der Waals surface area contributed by atoms with Crippen LogP contribution in [0.1, 0.15) is 53.5 Å². The van der Waals surface area contributed by atoms with Gasteiger partial charge in [-0.05, 0) is 57.6 Å². The van der Waals surface area contributed by atoms with E-state index in [0.717, 1.165) is 54.6 Å². The number of hydrogen-bond donors (Lipinski definition) is 1. The first kappa shape index (κ1) is 18.7. The molecule has 1 aromatic carbocycles. The summed E-state index contributed by atoms with van der Waals surface area (Å²) < 4.78 is 1.97. The lowest BCUT2D eigenvalue weighted by Gasteiger charge is -2.31. The summed E-state index contributed by atoms with van der Waals surface area (Å²) in [7, 11) is 0. The molecule has 6 nitrogen and oxygen atoms in total. The molecule has 6 heteroatoms. The minimum Gasteiger partial charge on any atom is -0.356 e. The maximum absolute atomic E-state index is 13.3. The molecule has 2 amide bonds. The number of benzene rings is 1. The Kier molecular flexibility index (Phi) is 5.20. The molecule has 1 N–H and O–H groups in total. The van der Waals surface area contributed by atoms with Gasteiger partial charge in [0.15, 0.2) is 5.69 Å². The molecule has 0 saturated carbocycles. The monoisotopic (exact) mass is 380 g/mol. The van der Waals surface area contributed by atoms with Crippen LogP contribution in [0.4, 0.5) is 0 Å². The molecule has 0 spiro atoms. The number of aromatic nitrogens is 2. The van der Waals surface area contributed by atoms with E-state index >= 15 is 0 Å². The highest BCUT2D eigenvalue weighted by atomic mass is 16.2. The van der Waals surface area contributed by atoms with Crippen molar-refractivity contribution in [2.24, 2.45) is 5.92 Å². The van der Waals surface area contributed by atoms with Crippen LogP contribution in [0.3, 0.4) is 0 Å². The van der Waals surface area contributed by atoms with Gasteiger partial charge < -0.3 is 10.2 Å². The Morgan fingerprint density at radius 2 is 2.04 bits per heavy atom. The summed E-state index contributed by atoms with van der Waals surface area (Å²) in [6.45, 7) is 5.79. The van der Waals surface area contributed by atoms with Gasteiger partial charge in [-0.15, -0.1) is 0 Å². The number of rotatable bonds is 4. The van der Waals surface area contributed by atoms with Crippen molar-refractivity contribution in [3.63, 3.8) is 0 Å². The predicted octanol–water partition coefficient (Wildman–Crippen LogP) is 2.66. The molecule has 1 aliphatic heterocycles. The fourth-order valence-electron chi connectivity index (χ4n) is 4.45. The van der Waals surface area contributed by atoms with Gasteiger partial charge >= 0.3 is 0 Å². The Morgan fingerprint density at radius 1 is 1.21 bits per heavy atom. The Labute approximate surface area is 165 Å². The van der Waals surface area contributed by atoms with Crippen molar-refractivity contribution in [2.75, 3.05) is 19.6 Å². The zero-order chi connectivity index (χ0) is 19.7. The minimum absolute atomic E-state index is 0.0283. The topological polar surface area (TPSA) is 67.2 Å². The third-order valence-corrected chi connectivity index (χ3v) is 5.91. The van der Waals surface area contributed by atoms with Crippen LogP contribution in [0.15, 0.2) is 24.3 Å². The highest BCUT2D eigenvalue weighted by molar-refractivity contribution is 5.95. The minimum atomic E-state index is -0.121. The summed E-state index contributed by atoms with van der Waals surface area (Å²) in [6.07, 6.45) is 4.60. The molecule has 1 aliphatic carbocycles. The Morgan fingerprint density at radius 3 is 2.82 bits per heavy atom. The van der Waals surface area contributed by atoms with E-state index in [2.05, 4.69) is 24.4 Å². The zero-order valence-electron chi connectivity index (χ0n) is 16.7. The lowest BCUT2D eigenvalue weighted by atomic mass is 9.96. The summed E-state index contributed by atoms with van der Waals surface area (Å²) in [6, 6.07) is 8.15. The molecule has 4 rings (SSSR count). The van der Waals surface area contributed by atoms with Crippen LogP contribution in [0, 0.1) is 12.8 Å². The quantitative estimate of drug-likeness (QED) is 0.887. The molecule has 1 atom stereocenters. The average molecular weight is 380 g/mol. The fourth-order valence-corrected chi connectivity index (χ4v) is 4.45. The first-order valence-corrected chi connectivity index (χ1v) is 10.3. The average Bonchev–Trinajstić information content (AvgIpc) is 3.31. The van der Waals surface area contributed by atoms with Crippen LogP contribution in [-0.2, 0) is 17.6 Å². The molecule has 148 valence electrons. The predicted molar refractivity (Wildman–Crippen MR) is 108 cm³/mol. The lowest BCUT2D eigenvalue weighted by Crippen LogP contribution is -2.45. The molecule has 1 aromatic heterocycles. The molecular formula is C22H28N4O2. The smallest absolute Gasteiger partial charge is 0.274 e. The van der Waals surface area contributed by atoms with Crippen LogP contribution in [-0.4, -0.2) is 46.1 Å². The molecule has 0 bridgehead atoms. The van der Waals surface area contributed by atoms with Crippen molar-refractivity contribution in [3.05, 3.63) is 46.8 Å². The van der Waals surface area contributed by atoms with Gasteiger partial charge in [-0.2, -0.15) is 5.10 Å². The van der Waals surface area contributed by atoms with Gasteiger partial charge in [0.05, 0.1) is 11.6 Å². The van der Waals surface area contributed by atoms with Crippen LogP contribution in [0.5, 0.6) is 0 Å². The van der Waals surface area contributed by atoms with Crippen molar-refractivity contribution in [2.45, 2.75) is 46.0 Å². The van der Waals surface area contributed by atoms with Gasteiger partial charge in [0.1, 0.15) is 0 Å². The molecule has 1 saturated heterocycles. The number of amides is 2. The number of para-hydroxylation sites is 1. The summed E-state index contributed by atoms with van der Waals surface area (Å²) in [5, 5.41) is 7.66. The Hall–Kier alpha value is -2.63. The first-order valence-electron chi connectivity index (χ1n) is 10.3. The lowest BCUT2D eigenvalue weighted by molar-refractivity contribution is -0.126. The normalized spacial score (nSPS) is 18.8. The van der Waals surface area contributed by atoms with Crippen molar-refractivity contribution in [3.8, 4) is 5.69 Å². The Balaban J connectivity index is 1.63. The fraction of sp³-hybridized carbons (Fsp3) is 0.500. The summed E-state index contributed by atoms with van der Waals surface area (Å²) >= 11 is 0. The zero-order valence-corrected chi connectivity index (χ0v) is 16.7. The van der Waals surface area contributed by atoms with Crippen LogP contribution in [0.25, 0.3) is 5.69 Å². The van der Waals surface area contributed by atoms with Gasteiger partial charge in [0.2, 0.25) is 5.91 Å². The summed E-state index contributed by atoms with van der Waals surface area (Å²) in [5.41, 5.74) is 5.02. The van der Waals surface area contributed by atoms with Crippen LogP contribution >= 0.6 is 0 Å². The van der Waals surface area contributed by atoms with E-state index in [1.54, 1.807) is 0 Å². The van der Waals surface area contributed by atoms with Crippen LogP contribution < -0.4 is 5.32 Å². The molecule has 0 radical (unpaired) electrons. The molecule has 2 aliphatic rings. The standard InChI is InChI=1S/C22H28N4O2/c1-3-23-21(27)16-9-7-13-25(14-16)22(28)20-17-10-6-12-19(17)26(24-20)18-11-5-4-8-15(18)2/h4-5,8,11,16H,3,6-7,9-10,12-14H2,1-2H3,(H,23,27). The van der Waals surface area contributed by atoms with E-state index in [4.69, 9.17) is 5.10 Å². The van der Waals surface area contributed by atoms with Crippen LogP contribution in [0.2, 0.25) is 0 Å². The van der Waals surface area contributed by atoms with Gasteiger partial charge in [0, 0.05) is 30.9 Å². The number of hydrogen-bond acceptors (Lipinski definition) is 3. The van der Waals surface area contributed by atoms with Gasteiger partial charge in [-0.25, -0.2) is 4.68 Å². The molecule has 1 unspecified atom stereocenters. The maximum atomic E-state index is 13.3. The summed E-state index contributed by atoms with van der Waals surface area (Å²) in [4.78, 5) is 27.4. The first-order chi connectivity index (χ1) is 13.6. The molecule has 1 fully saturated rings. The van der Waals surface area contributed by atoms with E-state index in [-0.39, 0.29) is 17.7 Å². The molecule has 2 aromatic rings. The van der Waals surface area contributed by atoms with Gasteiger partial charge in [-0.1, -0.05) is 18.2 Å². The van der Waals surface area contributed by atoms with Crippen molar-refractivity contribution in [1.29, 1.82) is 0 Å². The Bertz CT molecular complexity index is 902. The van der Waals surface area contributed by atoms with E-state index in [1.807, 2.05) is 28.6 Å². The number of likely N-dealkylation sites (tertiary alicyclic amines) is 1. The molecule has 2 heterocycles. The number of nitrogens with zero attached hydrogens (tertiary/aromatic N) is 3. The third-order valence-electron chi connectivity index (χ3n) is 5.91. The number of carbonyl (C=O) groups excluding carboxylic acids is 2. The highest BCUT2D eigenvalue weighted by Crippen LogP contribution is 2.30. The molecular weight excluding hydrogens is 352 g/mol. The highest BCUT2D eigenvalue weighted by Gasteiger charge is 2.33. The number of piperidine rings is 1. The van der Waals surface area contributed by atoms with Crippen molar-refractivity contribution in [1.82, 2.24) is 20.0 Å². The number of aryl methyl sites for hydroxylation is 1. The van der Waals surface area contributed by atoms with Gasteiger partial charge in [0.25, 0.3) is 5.91 Å². The van der Waals surface area contributed by atoms with E-state index in [9.17, 15) is 9.59 Å². The number of nitrogens with one attached hydrogen (secondary N) is 1. The largest absolute Gasteiger partial charge is 0.356 e. The van der Waals surface area contributed by atoms with E-state index < -0.39 is 0 Å². The second-order valence-corrected chi connectivity index (χ2v) is 7.81. The molecule has 28 heavy (non-hydrogen) atoms. The summed E-state index contributed by atoms with van der Waals surface area (Å²) in [5.74, 6) is -0.0979. The third kappa shape index (κ3) is 3.32. The van der Waals surface area contributed by atoms with E-state index in [1.165, 1.54) is 0 Å². The number of carbonyl (C=O) groups is 2. The second-order valence-electron chi connectivity index (χ2n) is 7.81. The van der Waals surface area contributed by atoms with Crippen molar-refractivity contribution < 1.29 is 9.59 Å². The van der Waals surface area contributed by atoms with E-state index in [0.29, 0.717) is 25.3 Å². The van der Waals surface area contributed by atoms with Gasteiger partial charge in [-0.3, -0.25) is 9.59 Å². The second kappa shape index (κ2) is 7.78. The number of fused-ring (bicyclic) bond motifs is 1. The SMILES string of the molecule is CCNC(=O)C1CCCN(C(=O)c2nn(-c3ccccc3C)c3c2CCC3)C1. The maximum Gasteiger partial charge on any atom is 0.274 e.